The van der Waals surface area contributed by atoms with Crippen LogP contribution in [0, 0.1) is 0 Å². The van der Waals surface area contributed by atoms with Gasteiger partial charge in [0.25, 0.3) is 0 Å². The third kappa shape index (κ3) is 3.95. The lowest BCUT2D eigenvalue weighted by Crippen LogP contribution is -2.15. The summed E-state index contributed by atoms with van der Waals surface area (Å²) in [4.78, 5) is 5.51. The summed E-state index contributed by atoms with van der Waals surface area (Å²) in [5.41, 5.74) is 10.9. The van der Waals surface area contributed by atoms with Crippen molar-refractivity contribution in [3.63, 3.8) is 0 Å². The highest BCUT2D eigenvalue weighted by Gasteiger charge is 2.37. The fraction of sp³-hybridized carbons (Fsp3) is 0.0600. The van der Waals surface area contributed by atoms with E-state index in [1.165, 1.54) is 98.2 Å². The van der Waals surface area contributed by atoms with Crippen molar-refractivity contribution in [1.82, 2.24) is 4.98 Å². The number of hydrogen-bond acceptors (Lipinski definition) is 1. The summed E-state index contributed by atoms with van der Waals surface area (Å²) in [6.07, 6.45) is 0. The van der Waals surface area contributed by atoms with Crippen LogP contribution in [0.3, 0.4) is 0 Å². The Hall–Kier alpha value is -6.31. The molecule has 9 aromatic carbocycles. The fourth-order valence-corrected chi connectivity index (χ4v) is 9.13. The van der Waals surface area contributed by atoms with E-state index >= 15 is 0 Å². The van der Waals surface area contributed by atoms with E-state index in [1.807, 2.05) is 0 Å². The molecule has 1 heteroatoms. The molecule has 0 amide bonds. The van der Waals surface area contributed by atoms with Gasteiger partial charge >= 0.3 is 0 Å². The quantitative estimate of drug-likeness (QED) is 0.170. The molecule has 238 valence electrons. The molecule has 1 aliphatic rings. The van der Waals surface area contributed by atoms with Crippen molar-refractivity contribution >= 4 is 64.8 Å². The van der Waals surface area contributed by atoms with E-state index in [0.29, 0.717) is 0 Å². The number of rotatable bonds is 2. The molecule has 11 rings (SSSR count). The molecule has 0 radical (unpaired) electrons. The van der Waals surface area contributed by atoms with Crippen LogP contribution in [0.5, 0.6) is 0 Å². The SMILES string of the molecule is CC1(C)c2cc(-c3ccc(-c4cc5ccccc5c5ccccc45)c4ccccc34)ccc2-c2nc3c4ccccc4c4ccccc4c3cc21. The number of aromatic nitrogens is 1. The monoisotopic (exact) mass is 647 g/mol. The van der Waals surface area contributed by atoms with Crippen LogP contribution in [0.4, 0.5) is 0 Å². The lowest BCUT2D eigenvalue weighted by atomic mass is 9.80. The second kappa shape index (κ2) is 10.4. The van der Waals surface area contributed by atoms with E-state index < -0.39 is 0 Å². The molecule has 1 nitrogen and oxygen atoms in total. The number of fused-ring (bicyclic) bond motifs is 13. The average Bonchev–Trinajstić information content (AvgIpc) is 3.41. The molecule has 51 heavy (non-hydrogen) atoms. The van der Waals surface area contributed by atoms with Gasteiger partial charge in [0.15, 0.2) is 0 Å². The number of nitrogens with zero attached hydrogens (tertiary/aromatic N) is 1. The molecule has 1 aromatic heterocycles. The molecule has 0 aliphatic heterocycles. The minimum absolute atomic E-state index is 0.200. The van der Waals surface area contributed by atoms with Crippen molar-refractivity contribution in [3.05, 3.63) is 175 Å². The van der Waals surface area contributed by atoms with Crippen molar-refractivity contribution in [3.8, 4) is 33.5 Å². The first-order chi connectivity index (χ1) is 25.1. The highest BCUT2D eigenvalue weighted by molar-refractivity contribution is 6.25. The molecule has 0 saturated carbocycles. The first kappa shape index (κ1) is 28.5. The first-order valence-corrected chi connectivity index (χ1v) is 17.9. The molecule has 1 heterocycles. The van der Waals surface area contributed by atoms with Crippen LogP contribution in [0.15, 0.2) is 164 Å². The third-order valence-electron chi connectivity index (χ3n) is 11.6. The van der Waals surface area contributed by atoms with Crippen molar-refractivity contribution in [2.24, 2.45) is 0 Å². The summed E-state index contributed by atoms with van der Waals surface area (Å²) in [7, 11) is 0. The van der Waals surface area contributed by atoms with E-state index in [1.54, 1.807) is 0 Å². The summed E-state index contributed by atoms with van der Waals surface area (Å²) < 4.78 is 0. The molecular weight excluding hydrogens is 615 g/mol. The van der Waals surface area contributed by atoms with E-state index in [0.717, 1.165) is 11.2 Å². The minimum Gasteiger partial charge on any atom is -0.247 e. The van der Waals surface area contributed by atoms with Gasteiger partial charge in [-0.15, -0.1) is 0 Å². The van der Waals surface area contributed by atoms with E-state index in [4.69, 9.17) is 4.98 Å². The van der Waals surface area contributed by atoms with Gasteiger partial charge in [0.05, 0.1) is 11.2 Å². The van der Waals surface area contributed by atoms with Gasteiger partial charge in [0, 0.05) is 21.8 Å². The van der Waals surface area contributed by atoms with Crippen molar-refractivity contribution in [2.75, 3.05) is 0 Å². The highest BCUT2D eigenvalue weighted by Crippen LogP contribution is 2.51. The molecule has 10 aromatic rings. The molecule has 1 aliphatic carbocycles. The van der Waals surface area contributed by atoms with Gasteiger partial charge in [0.1, 0.15) is 0 Å². The van der Waals surface area contributed by atoms with E-state index in [2.05, 4.69) is 178 Å². The zero-order valence-corrected chi connectivity index (χ0v) is 28.5. The number of pyridine rings is 1. The lowest BCUT2D eigenvalue weighted by molar-refractivity contribution is 0.660. The zero-order valence-electron chi connectivity index (χ0n) is 28.5. The van der Waals surface area contributed by atoms with E-state index in [9.17, 15) is 0 Å². The van der Waals surface area contributed by atoms with Crippen molar-refractivity contribution < 1.29 is 0 Å². The largest absolute Gasteiger partial charge is 0.247 e. The Morgan fingerprint density at radius 1 is 0.353 bits per heavy atom. The smallest absolute Gasteiger partial charge is 0.0794 e. The molecule has 0 spiro atoms. The normalized spacial score (nSPS) is 13.5. The second-order valence-corrected chi connectivity index (χ2v) is 14.7. The van der Waals surface area contributed by atoms with Crippen LogP contribution < -0.4 is 0 Å². The number of benzene rings is 9. The Kier molecular flexibility index (Phi) is 5.79. The zero-order chi connectivity index (χ0) is 33.8. The van der Waals surface area contributed by atoms with Crippen LogP contribution in [0.1, 0.15) is 25.0 Å². The Balaban J connectivity index is 1.11. The molecule has 0 N–H and O–H groups in total. The highest BCUT2D eigenvalue weighted by atomic mass is 14.7. The molecule has 0 atom stereocenters. The Morgan fingerprint density at radius 2 is 0.843 bits per heavy atom. The Bertz CT molecular complexity index is 3110. The van der Waals surface area contributed by atoms with Crippen molar-refractivity contribution in [2.45, 2.75) is 19.3 Å². The third-order valence-corrected chi connectivity index (χ3v) is 11.6. The number of hydrogen-bond donors (Lipinski definition) is 0. The standard InChI is InChI=1S/C50H33N/c1-50(2)46-28-31(23-24-43(46)49-47(50)29-45-40-21-10-8-18-37(40)38-19-11-12-22-42(38)48(45)51-49)33-25-26-41(36-17-7-5-16-35(33)36)44-27-30-13-3-4-14-32(30)34-15-6-9-20-39(34)44/h3-29H,1-2H3. The molecular formula is C50H33N. The fourth-order valence-electron chi connectivity index (χ4n) is 9.13. The van der Waals surface area contributed by atoms with E-state index in [-0.39, 0.29) is 5.41 Å². The van der Waals surface area contributed by atoms with Gasteiger partial charge in [-0.25, -0.2) is 4.98 Å². The van der Waals surface area contributed by atoms with Crippen molar-refractivity contribution in [1.29, 1.82) is 0 Å². The molecule has 0 fully saturated rings. The predicted octanol–water partition coefficient (Wildman–Crippen LogP) is 13.6. The van der Waals surface area contributed by atoms with Gasteiger partial charge in [-0.05, 0) is 100 Å². The van der Waals surface area contributed by atoms with Gasteiger partial charge in [-0.2, -0.15) is 0 Å². The maximum absolute atomic E-state index is 5.51. The van der Waals surface area contributed by atoms with Crippen LogP contribution >= 0.6 is 0 Å². The summed E-state index contributed by atoms with van der Waals surface area (Å²) >= 11 is 0. The van der Waals surface area contributed by atoms with Gasteiger partial charge in [-0.1, -0.05) is 159 Å². The predicted molar refractivity (Wildman–Crippen MR) is 218 cm³/mol. The Morgan fingerprint density at radius 3 is 1.55 bits per heavy atom. The molecule has 0 saturated heterocycles. The van der Waals surface area contributed by atoms with Crippen LogP contribution in [-0.2, 0) is 5.41 Å². The van der Waals surface area contributed by atoms with Crippen LogP contribution in [0.25, 0.3) is 98.3 Å². The topological polar surface area (TPSA) is 12.9 Å². The van der Waals surface area contributed by atoms with Gasteiger partial charge in [0.2, 0.25) is 0 Å². The summed E-state index contributed by atoms with van der Waals surface area (Å²) in [6.45, 7) is 4.73. The molecule has 0 unspecified atom stereocenters. The summed E-state index contributed by atoms with van der Waals surface area (Å²) in [5, 5.41) is 13.9. The minimum atomic E-state index is -0.200. The average molecular weight is 648 g/mol. The first-order valence-electron chi connectivity index (χ1n) is 17.9. The molecule has 0 bridgehead atoms. The Labute approximate surface area is 296 Å². The maximum Gasteiger partial charge on any atom is 0.0794 e. The van der Waals surface area contributed by atoms with Crippen LogP contribution in [0.2, 0.25) is 0 Å². The maximum atomic E-state index is 5.51. The summed E-state index contributed by atoms with van der Waals surface area (Å²) in [6, 6.07) is 60.5. The van der Waals surface area contributed by atoms with Crippen LogP contribution in [-0.4, -0.2) is 4.98 Å². The lowest BCUT2D eigenvalue weighted by Gasteiger charge is -2.22. The second-order valence-electron chi connectivity index (χ2n) is 14.7. The van der Waals surface area contributed by atoms with Gasteiger partial charge in [-0.3, -0.25) is 0 Å². The van der Waals surface area contributed by atoms with Gasteiger partial charge < -0.3 is 0 Å². The summed E-state index contributed by atoms with van der Waals surface area (Å²) in [5.74, 6) is 0.